The van der Waals surface area contributed by atoms with E-state index >= 15 is 0 Å². The van der Waals surface area contributed by atoms with Crippen LogP contribution in [-0.2, 0) is 9.53 Å². The number of phenolic OH excluding ortho intramolecular Hbond substituents is 1. The van der Waals surface area contributed by atoms with E-state index in [1.165, 1.54) is 26.4 Å². The maximum absolute atomic E-state index is 12.6. The van der Waals surface area contributed by atoms with Crippen LogP contribution < -0.4 is 10.1 Å². The molecule has 1 fully saturated rings. The molecule has 6 nitrogen and oxygen atoms in total. The second kappa shape index (κ2) is 7.55. The molecular weight excluding hydrogens is 310 g/mol. The molecule has 1 amide bonds. The van der Waals surface area contributed by atoms with Gasteiger partial charge in [0.1, 0.15) is 5.54 Å². The summed E-state index contributed by atoms with van der Waals surface area (Å²) in [5, 5.41) is 12.7. The number of rotatable bonds is 5. The standard InChI is InChI=1S/C18H25NO5/c1-4-12-7-9-18(10-8-12,17(22)24-3)19-16(21)13-5-6-15(23-2)14(20)11-13/h5-6,11-12,20H,4,7-10H2,1-3H3,(H,19,21). The largest absolute Gasteiger partial charge is 0.504 e. The van der Waals surface area contributed by atoms with Gasteiger partial charge in [-0.15, -0.1) is 0 Å². The van der Waals surface area contributed by atoms with Gasteiger partial charge >= 0.3 is 5.97 Å². The highest BCUT2D eigenvalue weighted by Crippen LogP contribution is 2.35. The highest BCUT2D eigenvalue weighted by atomic mass is 16.5. The molecule has 0 bridgehead atoms. The number of nitrogens with one attached hydrogen (secondary N) is 1. The molecule has 2 rings (SSSR count). The van der Waals surface area contributed by atoms with E-state index in [0.717, 1.165) is 19.3 Å². The van der Waals surface area contributed by atoms with E-state index in [9.17, 15) is 14.7 Å². The summed E-state index contributed by atoms with van der Waals surface area (Å²) >= 11 is 0. The van der Waals surface area contributed by atoms with Crippen LogP contribution in [0.25, 0.3) is 0 Å². The Labute approximate surface area is 142 Å². The predicted molar refractivity (Wildman–Crippen MR) is 89.1 cm³/mol. The zero-order valence-electron chi connectivity index (χ0n) is 14.4. The normalized spacial score (nSPS) is 23.4. The lowest BCUT2D eigenvalue weighted by Gasteiger charge is -2.38. The van der Waals surface area contributed by atoms with Gasteiger partial charge in [0.05, 0.1) is 14.2 Å². The van der Waals surface area contributed by atoms with Gasteiger partial charge in [0.15, 0.2) is 11.5 Å². The Morgan fingerprint density at radius 3 is 2.46 bits per heavy atom. The van der Waals surface area contributed by atoms with Gasteiger partial charge in [-0.2, -0.15) is 0 Å². The summed E-state index contributed by atoms with van der Waals surface area (Å²) in [4.78, 5) is 24.9. The number of ether oxygens (including phenoxy) is 2. The van der Waals surface area contributed by atoms with Crippen LogP contribution in [0.1, 0.15) is 49.4 Å². The molecule has 0 atom stereocenters. The molecule has 1 aliphatic carbocycles. The number of esters is 1. The third-order valence-corrected chi connectivity index (χ3v) is 4.91. The molecule has 0 aromatic heterocycles. The van der Waals surface area contributed by atoms with E-state index in [-0.39, 0.29) is 17.1 Å². The van der Waals surface area contributed by atoms with Crippen molar-refractivity contribution in [1.29, 1.82) is 0 Å². The summed E-state index contributed by atoms with van der Waals surface area (Å²) in [6, 6.07) is 4.40. The van der Waals surface area contributed by atoms with Crippen molar-refractivity contribution in [1.82, 2.24) is 5.32 Å². The quantitative estimate of drug-likeness (QED) is 0.808. The molecule has 1 aromatic rings. The number of hydrogen-bond acceptors (Lipinski definition) is 5. The predicted octanol–water partition coefficient (Wildman–Crippen LogP) is 2.64. The van der Waals surface area contributed by atoms with Gasteiger partial charge in [-0.3, -0.25) is 4.79 Å². The number of amides is 1. The van der Waals surface area contributed by atoms with Crippen molar-refractivity contribution in [3.63, 3.8) is 0 Å². The Balaban J connectivity index is 2.19. The molecule has 132 valence electrons. The molecule has 0 heterocycles. The first-order valence-corrected chi connectivity index (χ1v) is 8.23. The average molecular weight is 335 g/mol. The molecule has 0 aliphatic heterocycles. The Kier molecular flexibility index (Phi) is 5.70. The second-order valence-electron chi connectivity index (χ2n) is 6.27. The Morgan fingerprint density at radius 2 is 1.96 bits per heavy atom. The summed E-state index contributed by atoms with van der Waals surface area (Å²) in [5.41, 5.74) is -0.721. The van der Waals surface area contributed by atoms with Crippen LogP contribution in [0.15, 0.2) is 18.2 Å². The van der Waals surface area contributed by atoms with Crippen LogP contribution >= 0.6 is 0 Å². The van der Waals surface area contributed by atoms with Gasteiger partial charge in [0, 0.05) is 5.56 Å². The molecule has 1 aromatic carbocycles. The van der Waals surface area contributed by atoms with Crippen molar-refractivity contribution in [2.24, 2.45) is 5.92 Å². The topological polar surface area (TPSA) is 84.9 Å². The molecular formula is C18H25NO5. The molecule has 2 N–H and O–H groups in total. The fraction of sp³-hybridized carbons (Fsp3) is 0.556. The van der Waals surface area contributed by atoms with Crippen molar-refractivity contribution in [3.8, 4) is 11.5 Å². The summed E-state index contributed by atoms with van der Waals surface area (Å²) in [6.45, 7) is 2.13. The van der Waals surface area contributed by atoms with E-state index in [1.54, 1.807) is 6.07 Å². The lowest BCUT2D eigenvalue weighted by Crippen LogP contribution is -2.56. The van der Waals surface area contributed by atoms with Gasteiger partial charge in [0.25, 0.3) is 5.91 Å². The van der Waals surface area contributed by atoms with E-state index in [0.29, 0.717) is 18.8 Å². The van der Waals surface area contributed by atoms with Crippen LogP contribution in [0, 0.1) is 5.92 Å². The Bertz CT molecular complexity index is 605. The molecule has 0 radical (unpaired) electrons. The molecule has 24 heavy (non-hydrogen) atoms. The van der Waals surface area contributed by atoms with Crippen molar-refractivity contribution in [2.45, 2.75) is 44.6 Å². The number of carbonyl (C=O) groups excluding carboxylic acids is 2. The minimum Gasteiger partial charge on any atom is -0.504 e. The zero-order valence-corrected chi connectivity index (χ0v) is 14.4. The van der Waals surface area contributed by atoms with Crippen LogP contribution in [0.4, 0.5) is 0 Å². The molecule has 1 saturated carbocycles. The Hall–Kier alpha value is -2.24. The fourth-order valence-corrected chi connectivity index (χ4v) is 3.27. The summed E-state index contributed by atoms with van der Waals surface area (Å²) in [6.07, 6.45) is 3.94. The van der Waals surface area contributed by atoms with Crippen molar-refractivity contribution < 1.29 is 24.2 Å². The minimum absolute atomic E-state index is 0.119. The summed E-state index contributed by atoms with van der Waals surface area (Å²) in [5.74, 6) is -0.0780. The smallest absolute Gasteiger partial charge is 0.331 e. The number of carbonyl (C=O) groups is 2. The van der Waals surface area contributed by atoms with E-state index in [2.05, 4.69) is 12.2 Å². The number of aromatic hydroxyl groups is 1. The molecule has 0 spiro atoms. The highest BCUT2D eigenvalue weighted by Gasteiger charge is 2.44. The van der Waals surface area contributed by atoms with Crippen molar-refractivity contribution in [3.05, 3.63) is 23.8 Å². The van der Waals surface area contributed by atoms with Crippen LogP contribution in [0.3, 0.4) is 0 Å². The number of hydrogen-bond donors (Lipinski definition) is 2. The van der Waals surface area contributed by atoms with Crippen molar-refractivity contribution in [2.75, 3.05) is 14.2 Å². The molecule has 0 saturated heterocycles. The maximum atomic E-state index is 12.6. The van der Waals surface area contributed by atoms with E-state index in [1.807, 2.05) is 0 Å². The molecule has 0 unspecified atom stereocenters. The zero-order chi connectivity index (χ0) is 17.7. The number of benzene rings is 1. The first kappa shape index (κ1) is 18.1. The second-order valence-corrected chi connectivity index (χ2v) is 6.27. The fourth-order valence-electron chi connectivity index (χ4n) is 3.27. The highest BCUT2D eigenvalue weighted by molar-refractivity contribution is 5.98. The molecule has 1 aliphatic rings. The van der Waals surface area contributed by atoms with Gasteiger partial charge < -0.3 is 19.9 Å². The first-order chi connectivity index (χ1) is 11.5. The summed E-state index contributed by atoms with van der Waals surface area (Å²) in [7, 11) is 2.77. The van der Waals surface area contributed by atoms with Crippen LogP contribution in [-0.4, -0.2) is 36.7 Å². The number of methoxy groups -OCH3 is 2. The van der Waals surface area contributed by atoms with Gasteiger partial charge in [-0.1, -0.05) is 13.3 Å². The minimum atomic E-state index is -0.993. The maximum Gasteiger partial charge on any atom is 0.331 e. The first-order valence-electron chi connectivity index (χ1n) is 8.23. The third kappa shape index (κ3) is 3.63. The van der Waals surface area contributed by atoms with Gasteiger partial charge in [-0.05, 0) is 49.8 Å². The lowest BCUT2D eigenvalue weighted by molar-refractivity contribution is -0.150. The van der Waals surface area contributed by atoms with Gasteiger partial charge in [0.2, 0.25) is 0 Å². The lowest BCUT2D eigenvalue weighted by atomic mass is 9.75. The van der Waals surface area contributed by atoms with E-state index in [4.69, 9.17) is 9.47 Å². The monoisotopic (exact) mass is 335 g/mol. The van der Waals surface area contributed by atoms with E-state index < -0.39 is 17.4 Å². The number of phenols is 1. The SMILES string of the molecule is CCC1CCC(NC(=O)c2ccc(OC)c(O)c2)(C(=O)OC)CC1. The summed E-state index contributed by atoms with van der Waals surface area (Å²) < 4.78 is 9.91. The van der Waals surface area contributed by atoms with Gasteiger partial charge in [-0.25, -0.2) is 4.79 Å². The van der Waals surface area contributed by atoms with Crippen LogP contribution in [0.2, 0.25) is 0 Å². The average Bonchev–Trinajstić information content (AvgIpc) is 2.61. The van der Waals surface area contributed by atoms with Crippen LogP contribution in [0.5, 0.6) is 11.5 Å². The third-order valence-electron chi connectivity index (χ3n) is 4.91. The molecule has 6 heteroatoms. The Morgan fingerprint density at radius 1 is 1.29 bits per heavy atom. The van der Waals surface area contributed by atoms with Crippen molar-refractivity contribution >= 4 is 11.9 Å².